The second kappa shape index (κ2) is 6.31. The number of hydrogen-bond donors (Lipinski definition) is 0. The summed E-state index contributed by atoms with van der Waals surface area (Å²) in [7, 11) is 0. The molecule has 0 aromatic heterocycles. The zero-order valence-corrected chi connectivity index (χ0v) is 12.9. The average molecular weight is 333 g/mol. The van der Waals surface area contributed by atoms with Crippen LogP contribution in [0.4, 0.5) is 0 Å². The maximum atomic E-state index is 5.82. The SMILES string of the molecule is BrCc1cccc(OCCc2ccc3c(c2)CCO3)c1. The molecule has 0 atom stereocenters. The first-order valence-electron chi connectivity index (χ1n) is 6.87. The lowest BCUT2D eigenvalue weighted by atomic mass is 10.1. The Hall–Kier alpha value is -1.48. The van der Waals surface area contributed by atoms with E-state index in [9.17, 15) is 0 Å². The van der Waals surface area contributed by atoms with Crippen LogP contribution in [0.3, 0.4) is 0 Å². The van der Waals surface area contributed by atoms with Crippen molar-refractivity contribution >= 4 is 15.9 Å². The second-order valence-electron chi connectivity index (χ2n) is 4.92. The summed E-state index contributed by atoms with van der Waals surface area (Å²) in [4.78, 5) is 0. The van der Waals surface area contributed by atoms with Gasteiger partial charge in [0.2, 0.25) is 0 Å². The van der Waals surface area contributed by atoms with Crippen LogP contribution in [0.25, 0.3) is 0 Å². The van der Waals surface area contributed by atoms with Crippen molar-refractivity contribution in [3.8, 4) is 11.5 Å². The van der Waals surface area contributed by atoms with E-state index in [1.54, 1.807) is 0 Å². The van der Waals surface area contributed by atoms with Crippen LogP contribution in [0.15, 0.2) is 42.5 Å². The summed E-state index contributed by atoms with van der Waals surface area (Å²) in [6, 6.07) is 14.6. The fraction of sp³-hybridized carbons (Fsp3) is 0.294. The summed E-state index contributed by atoms with van der Waals surface area (Å²) in [5.74, 6) is 1.98. The summed E-state index contributed by atoms with van der Waals surface area (Å²) < 4.78 is 11.3. The molecule has 0 amide bonds. The van der Waals surface area contributed by atoms with Gasteiger partial charge in [-0.15, -0.1) is 0 Å². The molecule has 20 heavy (non-hydrogen) atoms. The third kappa shape index (κ3) is 3.15. The van der Waals surface area contributed by atoms with Gasteiger partial charge in [-0.05, 0) is 34.9 Å². The van der Waals surface area contributed by atoms with Gasteiger partial charge in [0.1, 0.15) is 11.5 Å². The molecular formula is C17H17BrO2. The molecule has 2 nitrogen and oxygen atoms in total. The van der Waals surface area contributed by atoms with Crippen LogP contribution in [0, 0.1) is 0 Å². The third-order valence-electron chi connectivity index (χ3n) is 3.47. The molecule has 0 bridgehead atoms. The first-order chi connectivity index (χ1) is 9.85. The van der Waals surface area contributed by atoms with E-state index in [-0.39, 0.29) is 0 Å². The van der Waals surface area contributed by atoms with Gasteiger partial charge in [-0.2, -0.15) is 0 Å². The number of rotatable bonds is 5. The van der Waals surface area contributed by atoms with Crippen LogP contribution < -0.4 is 9.47 Å². The highest BCUT2D eigenvalue weighted by atomic mass is 79.9. The molecule has 0 saturated carbocycles. The van der Waals surface area contributed by atoms with Crippen molar-refractivity contribution in [3.63, 3.8) is 0 Å². The number of alkyl halides is 1. The first-order valence-corrected chi connectivity index (χ1v) is 7.99. The highest BCUT2D eigenvalue weighted by Crippen LogP contribution is 2.26. The van der Waals surface area contributed by atoms with Gasteiger partial charge in [0.05, 0.1) is 13.2 Å². The summed E-state index contributed by atoms with van der Waals surface area (Å²) in [6.07, 6.45) is 1.95. The van der Waals surface area contributed by atoms with Crippen molar-refractivity contribution < 1.29 is 9.47 Å². The molecule has 1 heterocycles. The van der Waals surface area contributed by atoms with Crippen molar-refractivity contribution in [3.05, 3.63) is 59.2 Å². The van der Waals surface area contributed by atoms with Gasteiger partial charge in [-0.1, -0.05) is 40.2 Å². The zero-order valence-electron chi connectivity index (χ0n) is 11.3. The van der Waals surface area contributed by atoms with Crippen LogP contribution in [-0.4, -0.2) is 13.2 Å². The number of fused-ring (bicyclic) bond motifs is 1. The molecule has 104 valence electrons. The standard InChI is InChI=1S/C17H17BrO2/c18-12-14-2-1-3-16(11-14)19-8-6-13-4-5-17-15(10-13)7-9-20-17/h1-5,10-11H,6-9,12H2. The van der Waals surface area contributed by atoms with E-state index in [0.29, 0.717) is 6.61 Å². The van der Waals surface area contributed by atoms with E-state index in [1.165, 1.54) is 16.7 Å². The van der Waals surface area contributed by atoms with E-state index in [0.717, 1.165) is 36.3 Å². The largest absolute Gasteiger partial charge is 0.493 e. The molecule has 3 rings (SSSR count). The van der Waals surface area contributed by atoms with Crippen molar-refractivity contribution in [1.29, 1.82) is 0 Å². The summed E-state index contributed by atoms with van der Waals surface area (Å²) in [5.41, 5.74) is 3.87. The molecule has 0 fully saturated rings. The molecule has 0 radical (unpaired) electrons. The van der Waals surface area contributed by atoms with Gasteiger partial charge >= 0.3 is 0 Å². The van der Waals surface area contributed by atoms with E-state index >= 15 is 0 Å². The molecule has 2 aromatic rings. The highest BCUT2D eigenvalue weighted by molar-refractivity contribution is 9.08. The molecule has 0 saturated heterocycles. The molecule has 1 aliphatic heterocycles. The monoisotopic (exact) mass is 332 g/mol. The Balaban J connectivity index is 1.57. The van der Waals surface area contributed by atoms with Crippen molar-refractivity contribution in [1.82, 2.24) is 0 Å². The molecule has 3 heteroatoms. The van der Waals surface area contributed by atoms with Crippen molar-refractivity contribution in [2.24, 2.45) is 0 Å². The van der Waals surface area contributed by atoms with Gasteiger partial charge in [0, 0.05) is 18.2 Å². The van der Waals surface area contributed by atoms with Crippen LogP contribution in [-0.2, 0) is 18.2 Å². The molecule has 1 aliphatic rings. The average Bonchev–Trinajstić information content (AvgIpc) is 2.95. The first kappa shape index (κ1) is 13.5. The number of benzene rings is 2. The number of ether oxygens (including phenoxy) is 2. The Kier molecular flexibility index (Phi) is 4.26. The fourth-order valence-corrected chi connectivity index (χ4v) is 2.75. The lowest BCUT2D eigenvalue weighted by Crippen LogP contribution is -2.01. The number of hydrogen-bond acceptors (Lipinski definition) is 2. The van der Waals surface area contributed by atoms with Crippen LogP contribution >= 0.6 is 15.9 Å². The van der Waals surface area contributed by atoms with E-state index < -0.39 is 0 Å². The maximum absolute atomic E-state index is 5.82. The summed E-state index contributed by atoms with van der Waals surface area (Å²) in [5, 5.41) is 0.856. The van der Waals surface area contributed by atoms with Crippen molar-refractivity contribution in [2.75, 3.05) is 13.2 Å². The Morgan fingerprint density at radius 3 is 2.95 bits per heavy atom. The Morgan fingerprint density at radius 1 is 1.10 bits per heavy atom. The Labute approximate surface area is 127 Å². The topological polar surface area (TPSA) is 18.5 Å². The van der Waals surface area contributed by atoms with E-state index in [1.807, 2.05) is 12.1 Å². The minimum Gasteiger partial charge on any atom is -0.493 e. The summed E-state index contributed by atoms with van der Waals surface area (Å²) in [6.45, 7) is 1.51. The Bertz CT molecular complexity index is 595. The molecule has 0 aliphatic carbocycles. The lowest BCUT2D eigenvalue weighted by Gasteiger charge is -2.08. The molecule has 0 spiro atoms. The van der Waals surface area contributed by atoms with Crippen molar-refractivity contribution in [2.45, 2.75) is 18.2 Å². The normalized spacial score (nSPS) is 12.8. The molecular weight excluding hydrogens is 316 g/mol. The maximum Gasteiger partial charge on any atom is 0.122 e. The lowest BCUT2D eigenvalue weighted by molar-refractivity contribution is 0.321. The van der Waals surface area contributed by atoms with E-state index in [2.05, 4.69) is 46.3 Å². The predicted molar refractivity (Wildman–Crippen MR) is 83.9 cm³/mol. The predicted octanol–water partition coefficient (Wildman–Crippen LogP) is 4.14. The molecule has 0 N–H and O–H groups in total. The van der Waals surface area contributed by atoms with E-state index in [4.69, 9.17) is 9.47 Å². The van der Waals surface area contributed by atoms with Gasteiger partial charge in [0.15, 0.2) is 0 Å². The van der Waals surface area contributed by atoms with Crippen LogP contribution in [0.2, 0.25) is 0 Å². The minimum atomic E-state index is 0.700. The smallest absolute Gasteiger partial charge is 0.122 e. The zero-order chi connectivity index (χ0) is 13.8. The van der Waals surface area contributed by atoms with Gasteiger partial charge < -0.3 is 9.47 Å². The fourth-order valence-electron chi connectivity index (χ4n) is 2.40. The Morgan fingerprint density at radius 2 is 2.05 bits per heavy atom. The molecule has 0 unspecified atom stereocenters. The highest BCUT2D eigenvalue weighted by Gasteiger charge is 2.11. The second-order valence-corrected chi connectivity index (χ2v) is 5.48. The third-order valence-corrected chi connectivity index (χ3v) is 4.11. The van der Waals surface area contributed by atoms with Gasteiger partial charge in [-0.3, -0.25) is 0 Å². The quantitative estimate of drug-likeness (QED) is 0.766. The molecule has 2 aromatic carbocycles. The summed E-state index contributed by atoms with van der Waals surface area (Å²) >= 11 is 3.46. The van der Waals surface area contributed by atoms with Crippen LogP contribution in [0.5, 0.6) is 11.5 Å². The van der Waals surface area contributed by atoms with Crippen LogP contribution in [0.1, 0.15) is 16.7 Å². The van der Waals surface area contributed by atoms with Gasteiger partial charge in [-0.25, -0.2) is 0 Å². The van der Waals surface area contributed by atoms with Gasteiger partial charge in [0.25, 0.3) is 0 Å². The number of halogens is 1. The minimum absolute atomic E-state index is 0.700.